The molecule has 0 bridgehead atoms. The highest BCUT2D eigenvalue weighted by molar-refractivity contribution is 6.38. The third kappa shape index (κ3) is 3.59. The Labute approximate surface area is 132 Å². The Morgan fingerprint density at radius 2 is 1.55 bits per heavy atom. The van der Waals surface area contributed by atoms with E-state index in [4.69, 9.17) is 5.41 Å². The highest BCUT2D eigenvalue weighted by Crippen LogP contribution is 2.19. The van der Waals surface area contributed by atoms with Crippen LogP contribution in [0.25, 0.3) is 5.70 Å². The second-order valence-electron chi connectivity index (χ2n) is 5.48. The number of aliphatic imine (C=N–C) groups is 1. The molecular weight excluding hydrogens is 268 g/mol. The van der Waals surface area contributed by atoms with E-state index in [-0.39, 0.29) is 0 Å². The van der Waals surface area contributed by atoms with E-state index in [9.17, 15) is 0 Å². The fraction of sp³-hybridized carbons (Fsp3) is 0.200. The van der Waals surface area contributed by atoms with E-state index < -0.39 is 0 Å². The lowest BCUT2D eigenvalue weighted by atomic mass is 10.0. The molecule has 1 N–H and O–H groups in total. The molecule has 0 aromatic heterocycles. The van der Waals surface area contributed by atoms with Crippen LogP contribution in [0.15, 0.2) is 53.5 Å². The van der Waals surface area contributed by atoms with Crippen LogP contribution in [0, 0.1) is 26.2 Å². The lowest BCUT2D eigenvalue weighted by molar-refractivity contribution is 1.33. The summed E-state index contributed by atoms with van der Waals surface area (Å²) in [7, 11) is 0. The molecule has 0 aliphatic rings. The number of hydrogen-bond acceptors (Lipinski definition) is 2. The topological polar surface area (TPSA) is 36.2 Å². The molecule has 2 aromatic rings. The van der Waals surface area contributed by atoms with Crippen molar-refractivity contribution in [3.8, 4) is 0 Å². The zero-order chi connectivity index (χ0) is 16.1. The molecule has 2 aromatic carbocycles. The molecule has 0 radical (unpaired) electrons. The molecule has 112 valence electrons. The van der Waals surface area contributed by atoms with E-state index in [2.05, 4.69) is 62.2 Å². The molecule has 0 spiro atoms. The fourth-order valence-electron chi connectivity index (χ4n) is 2.23. The van der Waals surface area contributed by atoms with Crippen LogP contribution in [-0.2, 0) is 0 Å². The fourth-order valence-corrected chi connectivity index (χ4v) is 2.23. The van der Waals surface area contributed by atoms with Gasteiger partial charge in [0, 0.05) is 11.8 Å². The van der Waals surface area contributed by atoms with Gasteiger partial charge in [-0.15, -0.1) is 0 Å². The Bertz CT molecular complexity index is 735. The van der Waals surface area contributed by atoms with E-state index in [1.165, 1.54) is 22.9 Å². The van der Waals surface area contributed by atoms with Gasteiger partial charge in [0.1, 0.15) is 0 Å². The lowest BCUT2D eigenvalue weighted by Gasteiger charge is -2.08. The number of benzene rings is 2. The third-order valence-corrected chi connectivity index (χ3v) is 3.80. The average Bonchev–Trinajstić information content (AvgIpc) is 2.53. The number of allylic oxidation sites excluding steroid dienone is 1. The van der Waals surface area contributed by atoms with Crippen molar-refractivity contribution >= 4 is 17.6 Å². The summed E-state index contributed by atoms with van der Waals surface area (Å²) in [5, 5.41) is 7.70. The first kappa shape index (κ1) is 15.9. The summed E-state index contributed by atoms with van der Waals surface area (Å²) in [6.45, 7) is 8.21. The van der Waals surface area contributed by atoms with Crippen molar-refractivity contribution in [1.29, 1.82) is 5.41 Å². The summed E-state index contributed by atoms with van der Waals surface area (Å²) in [4.78, 5) is 4.69. The average molecular weight is 290 g/mol. The molecule has 0 saturated carbocycles. The van der Waals surface area contributed by atoms with Crippen LogP contribution >= 0.6 is 0 Å². The summed E-state index contributed by atoms with van der Waals surface area (Å²) in [5.41, 5.74) is 7.29. The van der Waals surface area contributed by atoms with Gasteiger partial charge in [0.25, 0.3) is 0 Å². The molecule has 0 amide bonds. The van der Waals surface area contributed by atoms with E-state index in [1.807, 2.05) is 19.1 Å². The molecule has 2 nitrogen and oxygen atoms in total. The first-order valence-electron chi connectivity index (χ1n) is 7.45. The smallest absolute Gasteiger partial charge is 0.0884 e. The number of rotatable bonds is 4. The van der Waals surface area contributed by atoms with Crippen LogP contribution in [0.3, 0.4) is 0 Å². The largest absolute Gasteiger partial charge is 0.306 e. The Balaban J connectivity index is 2.43. The van der Waals surface area contributed by atoms with Gasteiger partial charge < -0.3 is 5.41 Å². The minimum absolute atomic E-state index is 0.678. The van der Waals surface area contributed by atoms with Crippen molar-refractivity contribution in [2.75, 3.05) is 0 Å². The summed E-state index contributed by atoms with van der Waals surface area (Å²) in [5.74, 6) is 0. The maximum atomic E-state index is 7.70. The molecule has 0 atom stereocenters. The molecule has 2 rings (SSSR count). The monoisotopic (exact) mass is 290 g/mol. The van der Waals surface area contributed by atoms with Crippen LogP contribution < -0.4 is 0 Å². The second kappa shape index (κ2) is 6.99. The predicted octanol–water partition coefficient (Wildman–Crippen LogP) is 5.11. The first-order chi connectivity index (χ1) is 10.5. The molecule has 0 unspecified atom stereocenters. The van der Waals surface area contributed by atoms with E-state index >= 15 is 0 Å². The molecule has 2 heteroatoms. The van der Waals surface area contributed by atoms with Crippen molar-refractivity contribution in [1.82, 2.24) is 0 Å². The molecule has 22 heavy (non-hydrogen) atoms. The summed E-state index contributed by atoms with van der Waals surface area (Å²) in [6.07, 6.45) is 3.30. The highest BCUT2D eigenvalue weighted by atomic mass is 14.8. The van der Waals surface area contributed by atoms with Crippen LogP contribution in [0.1, 0.15) is 34.7 Å². The minimum Gasteiger partial charge on any atom is -0.306 e. The number of nitrogens with zero attached hydrogens (tertiary/aromatic N) is 1. The zero-order valence-electron chi connectivity index (χ0n) is 13.6. The number of nitrogens with one attached hydrogen (secondary N) is 1. The molecule has 0 fully saturated rings. The van der Waals surface area contributed by atoms with Crippen LogP contribution in [-0.4, -0.2) is 11.9 Å². The second-order valence-corrected chi connectivity index (χ2v) is 5.48. The van der Waals surface area contributed by atoms with Crippen LogP contribution in [0.4, 0.5) is 0 Å². The van der Waals surface area contributed by atoms with Gasteiger partial charge in [-0.05, 0) is 50.5 Å². The van der Waals surface area contributed by atoms with Gasteiger partial charge in [0.15, 0.2) is 0 Å². The summed E-state index contributed by atoms with van der Waals surface area (Å²) >= 11 is 0. The summed E-state index contributed by atoms with van der Waals surface area (Å²) < 4.78 is 0. The SMILES string of the molecule is C/C=C(\N=C(C=N)c1ccc(C)c(C)c1)c1ccc(C)cc1. The van der Waals surface area contributed by atoms with Crippen LogP contribution in [0.5, 0.6) is 0 Å². The Hall–Kier alpha value is -2.48. The Morgan fingerprint density at radius 1 is 0.909 bits per heavy atom. The first-order valence-corrected chi connectivity index (χ1v) is 7.45. The van der Waals surface area contributed by atoms with Gasteiger partial charge in [-0.25, -0.2) is 4.99 Å². The van der Waals surface area contributed by atoms with Gasteiger partial charge in [0.05, 0.1) is 11.4 Å². The van der Waals surface area contributed by atoms with Crippen molar-refractivity contribution in [3.05, 3.63) is 76.4 Å². The maximum absolute atomic E-state index is 7.70. The molecular formula is C20H22N2. The Kier molecular flexibility index (Phi) is 5.05. The van der Waals surface area contributed by atoms with Gasteiger partial charge in [0.2, 0.25) is 0 Å². The van der Waals surface area contributed by atoms with Crippen molar-refractivity contribution in [2.24, 2.45) is 4.99 Å². The number of aryl methyl sites for hydroxylation is 3. The van der Waals surface area contributed by atoms with Crippen molar-refractivity contribution in [3.63, 3.8) is 0 Å². The quantitative estimate of drug-likeness (QED) is 0.760. The van der Waals surface area contributed by atoms with Crippen molar-refractivity contribution < 1.29 is 0 Å². The standard InChI is InChI=1S/C20H22N2/c1-5-19(17-9-6-14(2)7-10-17)22-20(13-21)18-11-8-15(3)16(4)12-18/h5-13,21H,1-4H3/b19-5-,21-13?,22-20?. The Morgan fingerprint density at radius 3 is 2.09 bits per heavy atom. The van der Waals surface area contributed by atoms with Crippen molar-refractivity contribution in [2.45, 2.75) is 27.7 Å². The predicted molar refractivity (Wildman–Crippen MR) is 96.1 cm³/mol. The molecule has 0 heterocycles. The van der Waals surface area contributed by atoms with E-state index in [0.717, 1.165) is 16.8 Å². The minimum atomic E-state index is 0.678. The maximum Gasteiger partial charge on any atom is 0.0884 e. The van der Waals surface area contributed by atoms with Gasteiger partial charge >= 0.3 is 0 Å². The highest BCUT2D eigenvalue weighted by Gasteiger charge is 2.05. The lowest BCUT2D eigenvalue weighted by Crippen LogP contribution is -2.03. The van der Waals surface area contributed by atoms with Gasteiger partial charge in [-0.2, -0.15) is 0 Å². The van der Waals surface area contributed by atoms with Gasteiger partial charge in [-0.1, -0.05) is 48.0 Å². The van der Waals surface area contributed by atoms with E-state index in [0.29, 0.717) is 5.71 Å². The number of hydrogen-bond donors (Lipinski definition) is 1. The summed E-state index contributed by atoms with van der Waals surface area (Å²) in [6, 6.07) is 14.5. The molecule has 0 saturated heterocycles. The van der Waals surface area contributed by atoms with E-state index in [1.54, 1.807) is 0 Å². The molecule has 0 aliphatic carbocycles. The molecule has 0 aliphatic heterocycles. The zero-order valence-corrected chi connectivity index (χ0v) is 13.6. The van der Waals surface area contributed by atoms with Crippen LogP contribution in [0.2, 0.25) is 0 Å². The normalized spacial score (nSPS) is 12.4. The van der Waals surface area contributed by atoms with Gasteiger partial charge in [-0.3, -0.25) is 0 Å². The third-order valence-electron chi connectivity index (χ3n) is 3.80.